The van der Waals surface area contributed by atoms with Crippen LogP contribution in [-0.2, 0) is 4.79 Å². The number of ketones is 1. The molecule has 0 aliphatic carbocycles. The lowest BCUT2D eigenvalue weighted by Gasteiger charge is -2.06. The molecule has 0 aliphatic rings. The summed E-state index contributed by atoms with van der Waals surface area (Å²) in [6.07, 6.45) is 1.68. The molecule has 1 atom stereocenters. The first-order valence-corrected chi connectivity index (χ1v) is 5.36. The third-order valence-corrected chi connectivity index (χ3v) is 2.44. The predicted octanol–water partition coefficient (Wildman–Crippen LogP) is 2.13. The maximum atomic E-state index is 11.9. The van der Waals surface area contributed by atoms with Gasteiger partial charge in [-0.3, -0.25) is 19.7 Å². The van der Waals surface area contributed by atoms with E-state index in [0.29, 0.717) is 0 Å². The number of carbonyl (C=O) groups excluding carboxylic acids is 2. The average molecular weight is 255 g/mol. The van der Waals surface area contributed by atoms with E-state index in [0.717, 1.165) is 0 Å². The third-order valence-electron chi connectivity index (χ3n) is 2.22. The maximum Gasteiger partial charge on any atom is 0.280 e. The van der Waals surface area contributed by atoms with Gasteiger partial charge in [0.25, 0.3) is 5.69 Å². The fourth-order valence-electron chi connectivity index (χ4n) is 1.38. The fraction of sp³-hybridized carbons (Fsp3) is 0.273. The molecular formula is C11H9ClNO4. The Morgan fingerprint density at radius 2 is 2.12 bits per heavy atom. The molecule has 0 aliphatic heterocycles. The molecule has 1 radical (unpaired) electrons. The van der Waals surface area contributed by atoms with Crippen LogP contribution < -0.4 is 0 Å². The molecule has 17 heavy (non-hydrogen) atoms. The molecule has 1 unspecified atom stereocenters. The van der Waals surface area contributed by atoms with Crippen molar-refractivity contribution >= 4 is 29.4 Å². The van der Waals surface area contributed by atoms with Crippen LogP contribution in [-0.4, -0.2) is 22.9 Å². The van der Waals surface area contributed by atoms with Crippen LogP contribution in [0.2, 0.25) is 0 Å². The molecular weight excluding hydrogens is 246 g/mol. The van der Waals surface area contributed by atoms with E-state index in [4.69, 9.17) is 11.6 Å². The topological polar surface area (TPSA) is 77.3 Å². The summed E-state index contributed by atoms with van der Waals surface area (Å²) in [6, 6.07) is 5.49. The summed E-state index contributed by atoms with van der Waals surface area (Å²) in [7, 11) is 0. The molecule has 6 heteroatoms. The highest BCUT2D eigenvalue weighted by molar-refractivity contribution is 6.18. The van der Waals surface area contributed by atoms with Gasteiger partial charge in [-0.25, -0.2) is 0 Å². The highest BCUT2D eigenvalue weighted by Crippen LogP contribution is 2.21. The van der Waals surface area contributed by atoms with Gasteiger partial charge in [0.05, 0.1) is 16.4 Å². The smallest absolute Gasteiger partial charge is 0.280 e. The Hall–Kier alpha value is -1.75. The van der Waals surface area contributed by atoms with Crippen molar-refractivity contribution < 1.29 is 14.5 Å². The zero-order valence-electron chi connectivity index (χ0n) is 8.76. The summed E-state index contributed by atoms with van der Waals surface area (Å²) in [5, 5.41) is 10.7. The molecule has 0 saturated carbocycles. The van der Waals surface area contributed by atoms with Crippen LogP contribution in [0.15, 0.2) is 24.3 Å². The van der Waals surface area contributed by atoms with Gasteiger partial charge in [-0.15, -0.1) is 11.6 Å². The number of nitro groups is 1. The number of nitro benzene ring substituents is 1. The zero-order chi connectivity index (χ0) is 12.8. The van der Waals surface area contributed by atoms with Gasteiger partial charge in [0.15, 0.2) is 5.78 Å². The second-order valence-electron chi connectivity index (χ2n) is 3.29. The number of Topliss-reactive ketones (excluding diaryl/α,β-unsaturated/α-hetero) is 1. The van der Waals surface area contributed by atoms with Gasteiger partial charge in [-0.2, -0.15) is 0 Å². The molecule has 0 saturated heterocycles. The number of hydrogen-bond donors (Lipinski definition) is 0. The molecule has 0 bridgehead atoms. The molecule has 0 N–H and O–H groups in total. The van der Waals surface area contributed by atoms with E-state index in [9.17, 15) is 19.7 Å². The van der Waals surface area contributed by atoms with E-state index in [1.54, 1.807) is 6.29 Å². The predicted molar refractivity (Wildman–Crippen MR) is 61.9 cm³/mol. The first kappa shape index (κ1) is 13.3. The number of nitrogens with zero attached hydrogens (tertiary/aromatic N) is 1. The summed E-state index contributed by atoms with van der Waals surface area (Å²) in [5.41, 5.74) is -0.400. The van der Waals surface area contributed by atoms with E-state index in [-0.39, 0.29) is 23.6 Å². The minimum absolute atomic E-state index is 0.0871. The average Bonchev–Trinajstić information content (AvgIpc) is 2.35. The minimum atomic E-state index is -1.05. The second-order valence-corrected chi connectivity index (χ2v) is 3.66. The quantitative estimate of drug-likeness (QED) is 0.256. The van der Waals surface area contributed by atoms with Gasteiger partial charge in [-0.05, 0) is 12.5 Å². The first-order valence-electron chi connectivity index (χ1n) is 4.83. The summed E-state index contributed by atoms with van der Waals surface area (Å²) in [6.45, 7) is 0. The fourth-order valence-corrected chi connectivity index (χ4v) is 1.60. The first-order chi connectivity index (χ1) is 8.11. The number of benzene rings is 1. The van der Waals surface area contributed by atoms with Crippen molar-refractivity contribution in [3.05, 3.63) is 39.9 Å². The van der Waals surface area contributed by atoms with Crippen LogP contribution in [0.1, 0.15) is 16.8 Å². The van der Waals surface area contributed by atoms with Gasteiger partial charge in [0.2, 0.25) is 6.29 Å². The molecule has 89 valence electrons. The summed E-state index contributed by atoms with van der Waals surface area (Å²) in [5.74, 6) is -1.55. The Morgan fingerprint density at radius 3 is 2.65 bits per heavy atom. The maximum absolute atomic E-state index is 11.9. The lowest BCUT2D eigenvalue weighted by Crippen LogP contribution is -2.18. The molecule has 0 aromatic heterocycles. The number of carbonyl (C=O) groups is 1. The molecule has 1 aromatic carbocycles. The minimum Gasteiger partial charge on any atom is -0.293 e. The van der Waals surface area contributed by atoms with E-state index in [1.807, 2.05) is 0 Å². The van der Waals surface area contributed by atoms with Crippen molar-refractivity contribution in [2.45, 2.75) is 6.42 Å². The zero-order valence-corrected chi connectivity index (χ0v) is 9.52. The molecule has 0 heterocycles. The third kappa shape index (κ3) is 3.10. The molecule has 0 amide bonds. The second kappa shape index (κ2) is 6.10. The van der Waals surface area contributed by atoms with Crippen molar-refractivity contribution in [1.82, 2.24) is 0 Å². The number of hydrogen-bond acceptors (Lipinski definition) is 4. The van der Waals surface area contributed by atoms with Crippen molar-refractivity contribution in [2.24, 2.45) is 5.92 Å². The van der Waals surface area contributed by atoms with E-state index in [1.165, 1.54) is 24.3 Å². The van der Waals surface area contributed by atoms with E-state index >= 15 is 0 Å². The van der Waals surface area contributed by atoms with Gasteiger partial charge >= 0.3 is 0 Å². The monoisotopic (exact) mass is 254 g/mol. The SMILES string of the molecule is O=[C]C(CCCl)C(=O)c1ccccc1[N+](=O)[O-]. The van der Waals surface area contributed by atoms with Crippen LogP contribution >= 0.6 is 11.6 Å². The summed E-state index contributed by atoms with van der Waals surface area (Å²) in [4.78, 5) is 32.5. The number of alkyl halides is 1. The largest absolute Gasteiger partial charge is 0.293 e. The Balaban J connectivity index is 3.10. The van der Waals surface area contributed by atoms with Crippen LogP contribution in [0.4, 0.5) is 5.69 Å². The van der Waals surface area contributed by atoms with Gasteiger partial charge < -0.3 is 0 Å². The van der Waals surface area contributed by atoms with Gasteiger partial charge in [-0.1, -0.05) is 12.1 Å². The molecule has 0 fully saturated rings. The Morgan fingerprint density at radius 1 is 1.47 bits per heavy atom. The number of para-hydroxylation sites is 1. The van der Waals surface area contributed by atoms with Crippen molar-refractivity contribution in [3.8, 4) is 0 Å². The molecule has 0 spiro atoms. The lowest BCUT2D eigenvalue weighted by molar-refractivity contribution is -0.385. The molecule has 1 aromatic rings. The van der Waals surface area contributed by atoms with Gasteiger partial charge in [0, 0.05) is 11.9 Å². The van der Waals surface area contributed by atoms with Crippen LogP contribution in [0.5, 0.6) is 0 Å². The van der Waals surface area contributed by atoms with Crippen LogP contribution in [0.25, 0.3) is 0 Å². The standard InChI is InChI=1S/C11H9ClNO4/c12-6-5-8(7-14)11(15)9-3-1-2-4-10(9)13(16)17/h1-4,8H,5-6H2. The number of rotatable bonds is 6. The Kier molecular flexibility index (Phi) is 4.78. The molecule has 1 rings (SSSR count). The lowest BCUT2D eigenvalue weighted by atomic mass is 9.95. The summed E-state index contributed by atoms with van der Waals surface area (Å²) < 4.78 is 0. The van der Waals surface area contributed by atoms with Gasteiger partial charge in [0.1, 0.15) is 0 Å². The summed E-state index contributed by atoms with van der Waals surface area (Å²) >= 11 is 5.44. The van der Waals surface area contributed by atoms with E-state index < -0.39 is 16.6 Å². The van der Waals surface area contributed by atoms with Crippen LogP contribution in [0.3, 0.4) is 0 Å². The van der Waals surface area contributed by atoms with Crippen molar-refractivity contribution in [3.63, 3.8) is 0 Å². The Bertz CT molecular complexity index is 447. The Labute approximate surface area is 103 Å². The van der Waals surface area contributed by atoms with Crippen molar-refractivity contribution in [2.75, 3.05) is 5.88 Å². The highest BCUT2D eigenvalue weighted by atomic mass is 35.5. The van der Waals surface area contributed by atoms with E-state index in [2.05, 4.69) is 0 Å². The normalized spacial score (nSPS) is 11.8. The van der Waals surface area contributed by atoms with Crippen molar-refractivity contribution in [1.29, 1.82) is 0 Å². The molecule has 5 nitrogen and oxygen atoms in total. The number of halogens is 1. The van der Waals surface area contributed by atoms with Crippen LogP contribution in [0, 0.1) is 16.0 Å². The highest BCUT2D eigenvalue weighted by Gasteiger charge is 2.26.